The van der Waals surface area contributed by atoms with E-state index in [1.165, 1.54) is 0 Å². The Hall–Kier alpha value is -2.16. The van der Waals surface area contributed by atoms with Crippen LogP contribution in [0.2, 0.25) is 0 Å². The lowest BCUT2D eigenvalue weighted by molar-refractivity contribution is 0.0947. The van der Waals surface area contributed by atoms with Gasteiger partial charge in [-0.2, -0.15) is 0 Å². The topological polar surface area (TPSA) is 39.2 Å². The van der Waals surface area contributed by atoms with Crippen molar-refractivity contribution in [2.45, 2.75) is 12.8 Å². The number of para-hydroxylation sites is 1. The predicted octanol–water partition coefficient (Wildman–Crippen LogP) is 2.75. The number of Topliss-reactive ketones (excluding diaryl/α,β-unsaturated/α-hetero) is 1. The zero-order chi connectivity index (χ0) is 12.5. The second-order valence-electron chi connectivity index (χ2n) is 4.52. The van der Waals surface area contributed by atoms with E-state index >= 15 is 0 Å². The van der Waals surface area contributed by atoms with Gasteiger partial charge in [-0.05, 0) is 24.6 Å². The summed E-state index contributed by atoms with van der Waals surface area (Å²) < 4.78 is 5.54. The normalized spacial score (nSPS) is 17.1. The van der Waals surface area contributed by atoms with Crippen LogP contribution in [0.1, 0.15) is 27.4 Å². The third-order valence-electron chi connectivity index (χ3n) is 3.18. The standard InChI is InChI=1S/C15H13NO2/c1-10-6-11(8-16-7-10)15(17)13-9-18-14-5-3-2-4-12(13)14/h2-8,13H,9H2,1H3. The number of aromatic nitrogens is 1. The van der Waals surface area contributed by atoms with Gasteiger partial charge in [0, 0.05) is 23.5 Å². The van der Waals surface area contributed by atoms with E-state index in [0.29, 0.717) is 12.2 Å². The molecule has 1 aromatic carbocycles. The lowest BCUT2D eigenvalue weighted by atomic mass is 9.93. The van der Waals surface area contributed by atoms with Crippen molar-refractivity contribution in [2.75, 3.05) is 6.61 Å². The molecule has 0 radical (unpaired) electrons. The molecule has 0 spiro atoms. The van der Waals surface area contributed by atoms with Crippen LogP contribution in [0.5, 0.6) is 5.75 Å². The van der Waals surface area contributed by atoms with Gasteiger partial charge in [0.1, 0.15) is 12.4 Å². The quantitative estimate of drug-likeness (QED) is 0.756. The molecule has 0 saturated heterocycles. The Labute approximate surface area is 105 Å². The first kappa shape index (κ1) is 11.0. The fraction of sp³-hybridized carbons (Fsp3) is 0.200. The van der Waals surface area contributed by atoms with Crippen molar-refractivity contribution in [3.8, 4) is 5.75 Å². The van der Waals surface area contributed by atoms with Crippen molar-refractivity contribution in [2.24, 2.45) is 0 Å². The summed E-state index contributed by atoms with van der Waals surface area (Å²) in [5.41, 5.74) is 2.62. The summed E-state index contributed by atoms with van der Waals surface area (Å²) >= 11 is 0. The van der Waals surface area contributed by atoms with Gasteiger partial charge >= 0.3 is 0 Å². The van der Waals surface area contributed by atoms with Gasteiger partial charge in [0.05, 0.1) is 5.92 Å². The van der Waals surface area contributed by atoms with Crippen LogP contribution in [0.3, 0.4) is 0 Å². The van der Waals surface area contributed by atoms with Gasteiger partial charge in [0.15, 0.2) is 5.78 Å². The van der Waals surface area contributed by atoms with Crippen LogP contribution in [-0.4, -0.2) is 17.4 Å². The number of fused-ring (bicyclic) bond motifs is 1. The van der Waals surface area contributed by atoms with E-state index in [2.05, 4.69) is 4.98 Å². The number of pyridine rings is 1. The number of hydrogen-bond donors (Lipinski definition) is 0. The van der Waals surface area contributed by atoms with Gasteiger partial charge in [-0.1, -0.05) is 18.2 Å². The minimum atomic E-state index is -0.204. The van der Waals surface area contributed by atoms with E-state index in [0.717, 1.165) is 16.9 Å². The van der Waals surface area contributed by atoms with Gasteiger partial charge in [0.25, 0.3) is 0 Å². The van der Waals surface area contributed by atoms with E-state index in [4.69, 9.17) is 4.74 Å². The Kier molecular flexibility index (Phi) is 2.59. The summed E-state index contributed by atoms with van der Waals surface area (Å²) in [6, 6.07) is 9.57. The summed E-state index contributed by atoms with van der Waals surface area (Å²) in [5.74, 6) is 0.692. The van der Waals surface area contributed by atoms with Crippen molar-refractivity contribution >= 4 is 5.78 Å². The van der Waals surface area contributed by atoms with E-state index in [1.54, 1.807) is 12.4 Å². The Morgan fingerprint density at radius 1 is 1.33 bits per heavy atom. The summed E-state index contributed by atoms with van der Waals surface area (Å²) in [5, 5.41) is 0. The van der Waals surface area contributed by atoms with Crippen LogP contribution < -0.4 is 4.74 Å². The van der Waals surface area contributed by atoms with Crippen LogP contribution >= 0.6 is 0 Å². The van der Waals surface area contributed by atoms with E-state index < -0.39 is 0 Å². The molecule has 0 N–H and O–H groups in total. The fourth-order valence-corrected chi connectivity index (χ4v) is 2.27. The van der Waals surface area contributed by atoms with Crippen molar-refractivity contribution in [1.82, 2.24) is 4.98 Å². The van der Waals surface area contributed by atoms with Crippen molar-refractivity contribution < 1.29 is 9.53 Å². The van der Waals surface area contributed by atoms with Crippen molar-refractivity contribution in [3.05, 3.63) is 59.4 Å². The number of aryl methyl sites for hydroxylation is 1. The first-order valence-corrected chi connectivity index (χ1v) is 5.93. The van der Waals surface area contributed by atoms with E-state index in [9.17, 15) is 4.79 Å². The van der Waals surface area contributed by atoms with Crippen LogP contribution in [0.15, 0.2) is 42.7 Å². The average Bonchev–Trinajstić information content (AvgIpc) is 2.82. The molecule has 18 heavy (non-hydrogen) atoms. The van der Waals surface area contributed by atoms with E-state index in [1.807, 2.05) is 37.3 Å². The van der Waals surface area contributed by atoms with Crippen molar-refractivity contribution in [1.29, 1.82) is 0 Å². The minimum absolute atomic E-state index is 0.0798. The maximum atomic E-state index is 12.4. The SMILES string of the molecule is Cc1cncc(C(=O)C2COc3ccccc32)c1. The van der Waals surface area contributed by atoms with Crippen molar-refractivity contribution in [3.63, 3.8) is 0 Å². The Morgan fingerprint density at radius 3 is 3.00 bits per heavy atom. The molecule has 1 aliphatic heterocycles. The number of nitrogens with zero attached hydrogens (tertiary/aromatic N) is 1. The Morgan fingerprint density at radius 2 is 2.17 bits per heavy atom. The highest BCUT2D eigenvalue weighted by molar-refractivity contribution is 6.01. The average molecular weight is 239 g/mol. The maximum Gasteiger partial charge on any atom is 0.175 e. The zero-order valence-electron chi connectivity index (χ0n) is 10.1. The van der Waals surface area contributed by atoms with E-state index in [-0.39, 0.29) is 11.7 Å². The zero-order valence-corrected chi connectivity index (χ0v) is 10.1. The van der Waals surface area contributed by atoms with Crippen LogP contribution in [0, 0.1) is 6.92 Å². The first-order valence-electron chi connectivity index (χ1n) is 5.93. The molecule has 3 heteroatoms. The highest BCUT2D eigenvalue weighted by atomic mass is 16.5. The van der Waals surface area contributed by atoms with Gasteiger partial charge in [0.2, 0.25) is 0 Å². The molecule has 1 atom stereocenters. The number of ketones is 1. The number of carbonyl (C=O) groups is 1. The summed E-state index contributed by atoms with van der Waals surface area (Å²) in [6.07, 6.45) is 3.37. The Balaban J connectivity index is 1.96. The lowest BCUT2D eigenvalue weighted by Gasteiger charge is -2.07. The molecule has 0 fully saturated rings. The van der Waals surface area contributed by atoms with Gasteiger partial charge in [-0.15, -0.1) is 0 Å². The molecule has 0 bridgehead atoms. The second kappa shape index (κ2) is 4.26. The molecule has 3 rings (SSSR count). The third kappa shape index (κ3) is 1.78. The number of rotatable bonds is 2. The Bertz CT molecular complexity index is 607. The second-order valence-corrected chi connectivity index (χ2v) is 4.52. The molecular weight excluding hydrogens is 226 g/mol. The van der Waals surface area contributed by atoms with Crippen LogP contribution in [0.4, 0.5) is 0 Å². The maximum absolute atomic E-state index is 12.4. The molecule has 90 valence electrons. The number of carbonyl (C=O) groups excluding carboxylic acids is 1. The number of ether oxygens (including phenoxy) is 1. The van der Waals surface area contributed by atoms with Crippen LogP contribution in [-0.2, 0) is 0 Å². The van der Waals surface area contributed by atoms with Gasteiger partial charge in [-0.25, -0.2) is 0 Å². The molecule has 1 aliphatic rings. The number of benzene rings is 1. The largest absolute Gasteiger partial charge is 0.492 e. The third-order valence-corrected chi connectivity index (χ3v) is 3.18. The summed E-state index contributed by atoms with van der Waals surface area (Å²) in [6.45, 7) is 2.36. The minimum Gasteiger partial charge on any atom is -0.492 e. The first-order chi connectivity index (χ1) is 8.75. The molecule has 0 amide bonds. The van der Waals surface area contributed by atoms with Crippen LogP contribution in [0.25, 0.3) is 0 Å². The smallest absolute Gasteiger partial charge is 0.175 e. The molecule has 2 aromatic rings. The highest BCUT2D eigenvalue weighted by Crippen LogP contribution is 2.35. The number of hydrogen-bond acceptors (Lipinski definition) is 3. The molecule has 1 aromatic heterocycles. The predicted molar refractivity (Wildman–Crippen MR) is 68.0 cm³/mol. The van der Waals surface area contributed by atoms with Gasteiger partial charge < -0.3 is 4.74 Å². The molecule has 0 aliphatic carbocycles. The molecule has 1 unspecified atom stereocenters. The highest BCUT2D eigenvalue weighted by Gasteiger charge is 2.30. The molecular formula is C15H13NO2. The van der Waals surface area contributed by atoms with Gasteiger partial charge in [-0.3, -0.25) is 9.78 Å². The fourth-order valence-electron chi connectivity index (χ4n) is 2.27. The monoisotopic (exact) mass is 239 g/mol. The molecule has 0 saturated carbocycles. The molecule has 3 nitrogen and oxygen atoms in total. The summed E-state index contributed by atoms with van der Waals surface area (Å²) in [7, 11) is 0. The summed E-state index contributed by atoms with van der Waals surface area (Å²) in [4.78, 5) is 16.5. The lowest BCUT2D eigenvalue weighted by Crippen LogP contribution is -2.14. The molecule has 2 heterocycles.